The lowest BCUT2D eigenvalue weighted by Crippen LogP contribution is -2.32. The van der Waals surface area contributed by atoms with Gasteiger partial charge in [0, 0.05) is 13.6 Å². The molecule has 1 saturated carbocycles. The number of hydrogen-bond donors (Lipinski definition) is 1. The first-order chi connectivity index (χ1) is 9.88. The van der Waals surface area contributed by atoms with Crippen molar-refractivity contribution in [2.45, 2.75) is 31.4 Å². The predicted molar refractivity (Wildman–Crippen MR) is 80.6 cm³/mol. The topological polar surface area (TPSA) is 74.7 Å². The minimum Gasteiger partial charge on any atom is -0.478 e. The van der Waals surface area contributed by atoms with Crippen molar-refractivity contribution < 1.29 is 18.3 Å². The van der Waals surface area contributed by atoms with Crippen LogP contribution >= 0.6 is 0 Å². The summed E-state index contributed by atoms with van der Waals surface area (Å²) in [6.45, 7) is 0.579. The van der Waals surface area contributed by atoms with Gasteiger partial charge in [-0.2, -0.15) is 0 Å². The summed E-state index contributed by atoms with van der Waals surface area (Å²) in [6, 6.07) is 5.99. The molecule has 1 aliphatic carbocycles. The molecule has 5 nitrogen and oxygen atoms in total. The summed E-state index contributed by atoms with van der Waals surface area (Å²) < 4.78 is 26.1. The molecule has 0 radical (unpaired) electrons. The molecule has 1 aliphatic rings. The second-order valence-electron chi connectivity index (χ2n) is 5.69. The third-order valence-corrected chi connectivity index (χ3v) is 5.81. The van der Waals surface area contributed by atoms with Crippen LogP contribution in [0.3, 0.4) is 0 Å². The van der Waals surface area contributed by atoms with Gasteiger partial charge in [-0.25, -0.2) is 17.5 Å². The van der Waals surface area contributed by atoms with E-state index in [1.165, 1.54) is 29.3 Å². The molecule has 0 aliphatic heterocycles. The molecular weight excluding hydrogens is 290 g/mol. The second kappa shape index (κ2) is 6.58. The number of carboxylic acids is 1. The van der Waals surface area contributed by atoms with Crippen LogP contribution in [0.2, 0.25) is 0 Å². The molecule has 0 amide bonds. The van der Waals surface area contributed by atoms with Crippen LogP contribution in [0.15, 0.2) is 24.3 Å². The fraction of sp³-hybridized carbons (Fsp3) is 0.533. The lowest BCUT2D eigenvalue weighted by atomic mass is 10.1. The molecule has 1 aromatic rings. The predicted octanol–water partition coefficient (Wildman–Crippen LogP) is 2.34. The van der Waals surface area contributed by atoms with Crippen molar-refractivity contribution >= 4 is 16.0 Å². The Balaban J connectivity index is 2.00. The van der Waals surface area contributed by atoms with Gasteiger partial charge in [-0.15, -0.1) is 0 Å². The van der Waals surface area contributed by atoms with E-state index < -0.39 is 16.0 Å². The Morgan fingerprint density at radius 3 is 2.33 bits per heavy atom. The molecule has 0 saturated heterocycles. The molecule has 6 heteroatoms. The number of aromatic carboxylic acids is 1. The largest absolute Gasteiger partial charge is 0.478 e. The van der Waals surface area contributed by atoms with E-state index >= 15 is 0 Å². The summed E-state index contributed by atoms with van der Waals surface area (Å²) in [7, 11) is -1.72. The van der Waals surface area contributed by atoms with Crippen LogP contribution in [0.1, 0.15) is 41.6 Å². The van der Waals surface area contributed by atoms with E-state index in [4.69, 9.17) is 5.11 Å². The van der Waals surface area contributed by atoms with Gasteiger partial charge in [0.1, 0.15) is 0 Å². The molecule has 116 valence electrons. The maximum Gasteiger partial charge on any atom is 0.335 e. The van der Waals surface area contributed by atoms with Gasteiger partial charge < -0.3 is 5.11 Å². The first-order valence-electron chi connectivity index (χ1n) is 7.15. The van der Waals surface area contributed by atoms with Gasteiger partial charge in [-0.3, -0.25) is 0 Å². The fourth-order valence-electron chi connectivity index (χ4n) is 2.73. The molecular formula is C15H21NO4S. The average molecular weight is 311 g/mol. The van der Waals surface area contributed by atoms with Crippen molar-refractivity contribution in [3.8, 4) is 0 Å². The van der Waals surface area contributed by atoms with Crippen LogP contribution < -0.4 is 0 Å². The fourth-order valence-corrected chi connectivity index (χ4v) is 4.01. The van der Waals surface area contributed by atoms with Crippen molar-refractivity contribution in [1.29, 1.82) is 0 Å². The minimum atomic E-state index is -3.35. The van der Waals surface area contributed by atoms with Crippen LogP contribution in [-0.4, -0.2) is 37.4 Å². The Labute approximate surface area is 125 Å². The molecule has 0 atom stereocenters. The molecule has 21 heavy (non-hydrogen) atoms. The quantitative estimate of drug-likeness (QED) is 0.875. The van der Waals surface area contributed by atoms with E-state index in [1.54, 1.807) is 19.2 Å². The van der Waals surface area contributed by atoms with Crippen LogP contribution in [0, 0.1) is 5.92 Å². The van der Waals surface area contributed by atoms with E-state index in [0.29, 0.717) is 18.0 Å². The van der Waals surface area contributed by atoms with Crippen molar-refractivity contribution in [3.05, 3.63) is 35.4 Å². The second-order valence-corrected chi connectivity index (χ2v) is 7.77. The van der Waals surface area contributed by atoms with Crippen LogP contribution in [-0.2, 0) is 15.8 Å². The molecule has 0 heterocycles. The maximum atomic E-state index is 12.3. The van der Waals surface area contributed by atoms with Crippen molar-refractivity contribution in [2.75, 3.05) is 13.6 Å². The van der Waals surface area contributed by atoms with Crippen LogP contribution in [0.4, 0.5) is 0 Å². The highest BCUT2D eigenvalue weighted by molar-refractivity contribution is 7.88. The lowest BCUT2D eigenvalue weighted by Gasteiger charge is -2.20. The third kappa shape index (κ3) is 4.28. The number of rotatable bonds is 6. The van der Waals surface area contributed by atoms with Crippen molar-refractivity contribution in [2.24, 2.45) is 5.92 Å². The standard InChI is InChI=1S/C15H21NO4S/c1-16(10-12-4-2-3-5-12)21(19,20)11-13-6-8-14(9-7-13)15(17)18/h6-9,12H,2-5,10-11H2,1H3,(H,17,18). The van der Waals surface area contributed by atoms with Gasteiger partial charge in [-0.05, 0) is 36.5 Å². The highest BCUT2D eigenvalue weighted by Gasteiger charge is 2.24. The first kappa shape index (κ1) is 16.0. The smallest absolute Gasteiger partial charge is 0.335 e. The maximum absolute atomic E-state index is 12.3. The number of hydrogen-bond acceptors (Lipinski definition) is 3. The molecule has 2 rings (SSSR count). The Morgan fingerprint density at radius 1 is 1.24 bits per heavy atom. The highest BCUT2D eigenvalue weighted by Crippen LogP contribution is 2.26. The molecule has 1 fully saturated rings. The van der Waals surface area contributed by atoms with E-state index in [-0.39, 0.29) is 11.3 Å². The van der Waals surface area contributed by atoms with Gasteiger partial charge in [0.25, 0.3) is 0 Å². The van der Waals surface area contributed by atoms with Gasteiger partial charge in [0.2, 0.25) is 10.0 Å². The summed E-state index contributed by atoms with van der Waals surface area (Å²) in [5.41, 5.74) is 0.772. The van der Waals surface area contributed by atoms with Gasteiger partial charge in [-0.1, -0.05) is 25.0 Å². The molecule has 0 bridgehead atoms. The van der Waals surface area contributed by atoms with Crippen LogP contribution in [0.25, 0.3) is 0 Å². The summed E-state index contributed by atoms with van der Waals surface area (Å²) in [5.74, 6) is -0.627. The number of nitrogens with zero attached hydrogens (tertiary/aromatic N) is 1. The molecule has 0 aromatic heterocycles. The number of carbonyl (C=O) groups is 1. The summed E-state index contributed by atoms with van der Waals surface area (Å²) in [4.78, 5) is 10.8. The Kier molecular flexibility index (Phi) is 5.00. The highest BCUT2D eigenvalue weighted by atomic mass is 32.2. The molecule has 0 unspecified atom stereocenters. The Bertz CT molecular complexity index is 589. The third-order valence-electron chi connectivity index (χ3n) is 4.01. The molecule has 1 N–H and O–H groups in total. The molecule has 1 aromatic carbocycles. The van der Waals surface area contributed by atoms with E-state index in [2.05, 4.69) is 0 Å². The zero-order valence-corrected chi connectivity index (χ0v) is 13.0. The zero-order chi connectivity index (χ0) is 15.5. The van der Waals surface area contributed by atoms with Crippen LogP contribution in [0.5, 0.6) is 0 Å². The normalized spacial score (nSPS) is 16.5. The van der Waals surface area contributed by atoms with Crippen molar-refractivity contribution in [1.82, 2.24) is 4.31 Å². The van der Waals surface area contributed by atoms with E-state index in [1.807, 2.05) is 0 Å². The number of carboxylic acid groups (broad SMARTS) is 1. The average Bonchev–Trinajstić information content (AvgIpc) is 2.91. The minimum absolute atomic E-state index is 0.0872. The monoisotopic (exact) mass is 311 g/mol. The zero-order valence-electron chi connectivity index (χ0n) is 12.2. The lowest BCUT2D eigenvalue weighted by molar-refractivity contribution is 0.0697. The first-order valence-corrected chi connectivity index (χ1v) is 8.75. The number of sulfonamides is 1. The molecule has 0 spiro atoms. The Hall–Kier alpha value is -1.40. The summed E-state index contributed by atoms with van der Waals surface area (Å²) >= 11 is 0. The van der Waals surface area contributed by atoms with Gasteiger partial charge in [0.15, 0.2) is 0 Å². The van der Waals surface area contributed by atoms with E-state index in [0.717, 1.165) is 12.8 Å². The van der Waals surface area contributed by atoms with Gasteiger partial charge in [0.05, 0.1) is 11.3 Å². The van der Waals surface area contributed by atoms with Gasteiger partial charge >= 0.3 is 5.97 Å². The Morgan fingerprint density at radius 2 is 1.81 bits per heavy atom. The number of benzene rings is 1. The summed E-state index contributed by atoms with van der Waals surface area (Å²) in [6.07, 6.45) is 4.59. The van der Waals surface area contributed by atoms with Crippen molar-refractivity contribution in [3.63, 3.8) is 0 Å². The summed E-state index contributed by atoms with van der Waals surface area (Å²) in [5, 5.41) is 8.83. The SMILES string of the molecule is CN(CC1CCCC1)S(=O)(=O)Cc1ccc(C(=O)O)cc1. The van der Waals surface area contributed by atoms with E-state index in [9.17, 15) is 13.2 Å².